The zero-order valence-corrected chi connectivity index (χ0v) is 17.6. The van der Waals surface area contributed by atoms with Crippen molar-refractivity contribution in [3.8, 4) is 0 Å². The van der Waals surface area contributed by atoms with Crippen molar-refractivity contribution in [2.75, 3.05) is 39.1 Å². The summed E-state index contributed by atoms with van der Waals surface area (Å²) in [5.41, 5.74) is 3.55. The molecule has 7 heteroatoms. The third-order valence-electron chi connectivity index (χ3n) is 5.58. The van der Waals surface area contributed by atoms with E-state index in [2.05, 4.69) is 50.8 Å². The van der Waals surface area contributed by atoms with E-state index in [0.29, 0.717) is 12.5 Å². The van der Waals surface area contributed by atoms with Gasteiger partial charge >= 0.3 is 0 Å². The zero-order valence-electron chi connectivity index (χ0n) is 17.6. The summed E-state index contributed by atoms with van der Waals surface area (Å²) in [6.45, 7) is 2.68. The molecule has 0 saturated carbocycles. The van der Waals surface area contributed by atoms with Gasteiger partial charge in [0.25, 0.3) is 0 Å². The van der Waals surface area contributed by atoms with Gasteiger partial charge in [0.2, 0.25) is 0 Å². The highest BCUT2D eigenvalue weighted by Gasteiger charge is 2.27. The molecule has 0 amide bonds. The first kappa shape index (κ1) is 19.2. The molecule has 0 bridgehead atoms. The number of fused-ring (bicyclic) bond motifs is 1. The number of nitrogens with one attached hydrogen (secondary N) is 1. The van der Waals surface area contributed by atoms with Crippen LogP contribution in [-0.2, 0) is 13.6 Å². The molecule has 0 aliphatic carbocycles. The Balaban J connectivity index is 1.49. The normalized spacial score (nSPS) is 17.2. The summed E-state index contributed by atoms with van der Waals surface area (Å²) in [5, 5.41) is 9.07. The van der Waals surface area contributed by atoms with E-state index in [9.17, 15) is 0 Å². The molecule has 1 aromatic carbocycles. The SMILES string of the molecule is CN=C(NCc1cc(N(C)C)nc2ccccc12)N1CCC(c2cnn(C)c2)C1. The summed E-state index contributed by atoms with van der Waals surface area (Å²) in [7, 11) is 7.87. The van der Waals surface area contributed by atoms with E-state index in [1.165, 1.54) is 16.5 Å². The minimum Gasteiger partial charge on any atom is -0.363 e. The molecule has 1 unspecified atom stereocenters. The number of guanidine groups is 1. The summed E-state index contributed by atoms with van der Waals surface area (Å²) in [6, 6.07) is 10.5. The molecule has 1 saturated heterocycles. The first-order valence-corrected chi connectivity index (χ1v) is 10.1. The van der Waals surface area contributed by atoms with E-state index in [4.69, 9.17) is 4.98 Å². The van der Waals surface area contributed by atoms with Crippen LogP contribution in [0.1, 0.15) is 23.5 Å². The van der Waals surface area contributed by atoms with E-state index in [0.717, 1.165) is 36.8 Å². The lowest BCUT2D eigenvalue weighted by molar-refractivity contribution is 0.486. The summed E-state index contributed by atoms with van der Waals surface area (Å²) in [4.78, 5) is 13.7. The quantitative estimate of drug-likeness (QED) is 0.547. The minimum atomic E-state index is 0.504. The molecule has 1 aliphatic rings. The van der Waals surface area contributed by atoms with Crippen LogP contribution < -0.4 is 10.2 Å². The number of hydrogen-bond donors (Lipinski definition) is 1. The molecule has 2 aromatic heterocycles. The summed E-state index contributed by atoms with van der Waals surface area (Å²) in [6.07, 6.45) is 5.22. The predicted octanol–water partition coefficient (Wildman–Crippen LogP) is 2.60. The van der Waals surface area contributed by atoms with Crippen molar-refractivity contribution >= 4 is 22.7 Å². The number of para-hydroxylation sites is 1. The Morgan fingerprint density at radius 1 is 1.31 bits per heavy atom. The monoisotopic (exact) mass is 391 g/mol. The lowest BCUT2D eigenvalue weighted by atomic mass is 10.0. The van der Waals surface area contributed by atoms with Crippen LogP contribution in [0.2, 0.25) is 0 Å². The molecule has 7 nitrogen and oxygen atoms in total. The van der Waals surface area contributed by atoms with Gasteiger partial charge in [0.1, 0.15) is 5.82 Å². The fourth-order valence-electron chi connectivity index (χ4n) is 3.99. The first-order valence-electron chi connectivity index (χ1n) is 10.1. The van der Waals surface area contributed by atoms with Crippen molar-refractivity contribution in [1.82, 2.24) is 25.0 Å². The highest BCUT2D eigenvalue weighted by Crippen LogP contribution is 2.27. The molecule has 1 fully saturated rings. The molecule has 4 rings (SSSR count). The number of benzene rings is 1. The van der Waals surface area contributed by atoms with E-state index in [-0.39, 0.29) is 0 Å². The number of aromatic nitrogens is 3. The Kier molecular flexibility index (Phi) is 5.38. The number of anilines is 1. The molecular weight excluding hydrogens is 362 g/mol. The maximum absolute atomic E-state index is 4.76. The van der Waals surface area contributed by atoms with Crippen LogP contribution in [0, 0.1) is 0 Å². The smallest absolute Gasteiger partial charge is 0.193 e. The third kappa shape index (κ3) is 4.04. The van der Waals surface area contributed by atoms with Crippen molar-refractivity contribution < 1.29 is 0 Å². The van der Waals surface area contributed by atoms with Crippen molar-refractivity contribution in [1.29, 1.82) is 0 Å². The zero-order chi connectivity index (χ0) is 20.4. The first-order chi connectivity index (χ1) is 14.0. The van der Waals surface area contributed by atoms with Crippen LogP contribution in [0.4, 0.5) is 5.82 Å². The average Bonchev–Trinajstić information content (AvgIpc) is 3.37. The van der Waals surface area contributed by atoms with Crippen LogP contribution in [0.15, 0.2) is 47.7 Å². The Bertz CT molecular complexity index is 1020. The lowest BCUT2D eigenvalue weighted by Gasteiger charge is -2.22. The Morgan fingerprint density at radius 3 is 2.86 bits per heavy atom. The second-order valence-electron chi connectivity index (χ2n) is 7.83. The van der Waals surface area contributed by atoms with Gasteiger partial charge in [-0.05, 0) is 29.7 Å². The highest BCUT2D eigenvalue weighted by molar-refractivity contribution is 5.85. The van der Waals surface area contributed by atoms with Gasteiger partial charge in [-0.1, -0.05) is 18.2 Å². The molecule has 1 N–H and O–H groups in total. The maximum Gasteiger partial charge on any atom is 0.193 e. The topological polar surface area (TPSA) is 61.6 Å². The van der Waals surface area contributed by atoms with Gasteiger partial charge in [-0.2, -0.15) is 5.10 Å². The van der Waals surface area contributed by atoms with E-state index >= 15 is 0 Å². The summed E-state index contributed by atoms with van der Waals surface area (Å²) < 4.78 is 1.88. The largest absolute Gasteiger partial charge is 0.363 e. The third-order valence-corrected chi connectivity index (χ3v) is 5.58. The molecule has 3 heterocycles. The molecular formula is C22H29N7. The van der Waals surface area contributed by atoms with Gasteiger partial charge in [-0.15, -0.1) is 0 Å². The highest BCUT2D eigenvalue weighted by atomic mass is 15.3. The minimum absolute atomic E-state index is 0.504. The molecule has 0 radical (unpaired) electrons. The Morgan fingerprint density at radius 2 is 2.14 bits per heavy atom. The standard InChI is InChI=1S/C22H29N7/c1-23-22(29-10-9-16(15-29)18-13-25-28(4)14-18)24-12-17-11-21(27(2)3)26-20-8-6-5-7-19(17)20/h5-8,11,13-14,16H,9-10,12,15H2,1-4H3,(H,23,24). The van der Waals surface area contributed by atoms with Gasteiger partial charge in [0.15, 0.2) is 5.96 Å². The Labute approximate surface area is 172 Å². The van der Waals surface area contributed by atoms with Crippen molar-refractivity contribution in [3.05, 3.63) is 53.9 Å². The van der Waals surface area contributed by atoms with Gasteiger partial charge in [-0.3, -0.25) is 9.67 Å². The number of pyridine rings is 1. The van der Waals surface area contributed by atoms with Crippen LogP contribution in [0.25, 0.3) is 10.9 Å². The number of likely N-dealkylation sites (tertiary alicyclic amines) is 1. The molecule has 3 aromatic rings. The number of aryl methyl sites for hydroxylation is 1. The van der Waals surface area contributed by atoms with E-state index in [1.807, 2.05) is 50.0 Å². The van der Waals surface area contributed by atoms with Crippen LogP contribution >= 0.6 is 0 Å². The second-order valence-corrected chi connectivity index (χ2v) is 7.83. The lowest BCUT2D eigenvalue weighted by Crippen LogP contribution is -2.39. The van der Waals surface area contributed by atoms with Gasteiger partial charge < -0.3 is 15.1 Å². The number of hydrogen-bond acceptors (Lipinski definition) is 4. The van der Waals surface area contributed by atoms with Gasteiger partial charge in [-0.25, -0.2) is 4.98 Å². The molecule has 0 spiro atoms. The second kappa shape index (κ2) is 8.11. The average molecular weight is 392 g/mol. The maximum atomic E-state index is 4.76. The van der Waals surface area contributed by atoms with Crippen molar-refractivity contribution in [2.45, 2.75) is 18.9 Å². The number of rotatable bonds is 4. The fraction of sp³-hybridized carbons (Fsp3) is 0.409. The van der Waals surface area contributed by atoms with Crippen molar-refractivity contribution in [3.63, 3.8) is 0 Å². The number of aliphatic imine (C=N–C) groups is 1. The van der Waals surface area contributed by atoms with E-state index in [1.54, 1.807) is 0 Å². The van der Waals surface area contributed by atoms with E-state index < -0.39 is 0 Å². The molecule has 1 atom stereocenters. The van der Waals surface area contributed by atoms with Crippen LogP contribution in [0.5, 0.6) is 0 Å². The molecule has 1 aliphatic heterocycles. The fourth-order valence-corrected chi connectivity index (χ4v) is 3.99. The van der Waals surface area contributed by atoms with Gasteiger partial charge in [0, 0.05) is 65.3 Å². The van der Waals surface area contributed by atoms with Gasteiger partial charge in [0.05, 0.1) is 11.7 Å². The van der Waals surface area contributed by atoms with Crippen LogP contribution in [0.3, 0.4) is 0 Å². The Hall–Kier alpha value is -3.09. The van der Waals surface area contributed by atoms with Crippen LogP contribution in [-0.4, -0.2) is 59.9 Å². The predicted molar refractivity (Wildman–Crippen MR) is 118 cm³/mol. The molecule has 152 valence electrons. The number of nitrogens with zero attached hydrogens (tertiary/aromatic N) is 6. The van der Waals surface area contributed by atoms with Crippen molar-refractivity contribution in [2.24, 2.45) is 12.0 Å². The molecule has 29 heavy (non-hydrogen) atoms. The summed E-state index contributed by atoms with van der Waals surface area (Å²) in [5.74, 6) is 2.42. The summed E-state index contributed by atoms with van der Waals surface area (Å²) >= 11 is 0.